The van der Waals surface area contributed by atoms with Crippen molar-refractivity contribution in [3.05, 3.63) is 16.8 Å². The number of carbonyl (C=O) groups is 3. The lowest BCUT2D eigenvalue weighted by Gasteiger charge is -2.03. The van der Waals surface area contributed by atoms with Crippen LogP contribution in [-0.2, 0) is 4.79 Å². The lowest BCUT2D eigenvalue weighted by molar-refractivity contribution is -0.117. The Hall–Kier alpha value is -2.20. The number of fused-ring (bicyclic) bond motifs is 1. The number of amides is 3. The highest BCUT2D eigenvalue weighted by Crippen LogP contribution is 2.34. The van der Waals surface area contributed by atoms with Gasteiger partial charge in [-0.05, 0) is 12.5 Å². The van der Waals surface area contributed by atoms with Crippen LogP contribution in [0.5, 0.6) is 0 Å². The van der Waals surface area contributed by atoms with E-state index in [-0.39, 0.29) is 10.6 Å². The number of carbonyl (C=O) groups excluding carboxylic acids is 2. The van der Waals surface area contributed by atoms with Gasteiger partial charge in [-0.3, -0.25) is 10.1 Å². The third-order valence-electron chi connectivity index (χ3n) is 2.49. The van der Waals surface area contributed by atoms with Crippen LogP contribution in [0.1, 0.15) is 15.2 Å². The average molecular weight is 326 g/mol. The Labute approximate surface area is 126 Å². The number of nitrogens with two attached hydrogens (primary N) is 1. The van der Waals surface area contributed by atoms with Gasteiger partial charge in [0, 0.05) is 5.39 Å². The summed E-state index contributed by atoms with van der Waals surface area (Å²) in [5.74, 6) is -1.64. The summed E-state index contributed by atoms with van der Waals surface area (Å²) in [5.41, 5.74) is 5.40. The standard InChI is InChI=1S/C11H10N4O4S2/c1-4-6-8(20-2-5(16)15-11(12)19)13-3-14-9(6)21-7(4)10(17)18/h3H,2H2,1H3,(H,17,18)(H3,12,15,16,19). The van der Waals surface area contributed by atoms with Gasteiger partial charge in [-0.2, -0.15) is 0 Å². The van der Waals surface area contributed by atoms with Gasteiger partial charge < -0.3 is 10.8 Å². The summed E-state index contributed by atoms with van der Waals surface area (Å²) in [4.78, 5) is 41.9. The van der Waals surface area contributed by atoms with Crippen LogP contribution < -0.4 is 11.1 Å². The maximum atomic E-state index is 11.4. The molecule has 0 radical (unpaired) electrons. The first kappa shape index (κ1) is 15.2. The molecule has 2 rings (SSSR count). The fraction of sp³-hybridized carbons (Fsp3) is 0.182. The molecule has 0 aliphatic rings. The first-order valence-electron chi connectivity index (χ1n) is 5.59. The fourth-order valence-electron chi connectivity index (χ4n) is 1.66. The molecule has 0 saturated carbocycles. The van der Waals surface area contributed by atoms with E-state index in [4.69, 9.17) is 10.8 Å². The fourth-order valence-corrected chi connectivity index (χ4v) is 3.57. The first-order chi connectivity index (χ1) is 9.90. The topological polar surface area (TPSA) is 135 Å². The Morgan fingerprint density at radius 3 is 2.76 bits per heavy atom. The second-order valence-electron chi connectivity index (χ2n) is 3.92. The molecule has 110 valence electrons. The predicted molar refractivity (Wildman–Crippen MR) is 77.6 cm³/mol. The van der Waals surface area contributed by atoms with Gasteiger partial charge in [0.15, 0.2) is 0 Å². The summed E-state index contributed by atoms with van der Waals surface area (Å²) < 4.78 is 0. The lowest BCUT2D eigenvalue weighted by atomic mass is 10.2. The van der Waals surface area contributed by atoms with E-state index in [1.807, 2.05) is 5.32 Å². The van der Waals surface area contributed by atoms with Gasteiger partial charge in [0.05, 0.1) is 5.75 Å². The molecule has 21 heavy (non-hydrogen) atoms. The molecule has 0 aliphatic heterocycles. The van der Waals surface area contributed by atoms with Crippen molar-refractivity contribution in [2.24, 2.45) is 5.73 Å². The maximum absolute atomic E-state index is 11.4. The highest BCUT2D eigenvalue weighted by atomic mass is 32.2. The van der Waals surface area contributed by atoms with E-state index in [0.717, 1.165) is 23.1 Å². The summed E-state index contributed by atoms with van der Waals surface area (Å²) in [6.45, 7) is 1.67. The van der Waals surface area contributed by atoms with Gasteiger partial charge >= 0.3 is 12.0 Å². The number of nitrogens with one attached hydrogen (secondary N) is 1. The van der Waals surface area contributed by atoms with Gasteiger partial charge in [0.2, 0.25) is 5.91 Å². The molecule has 0 aromatic carbocycles. The predicted octanol–water partition coefficient (Wildman–Crippen LogP) is 0.985. The average Bonchev–Trinajstić information content (AvgIpc) is 2.74. The Bertz CT molecular complexity index is 743. The van der Waals surface area contributed by atoms with Gasteiger partial charge in [-0.15, -0.1) is 11.3 Å². The number of primary amides is 1. The number of aromatic carboxylic acids is 1. The van der Waals surface area contributed by atoms with Crippen LogP contribution in [0.4, 0.5) is 4.79 Å². The molecule has 0 atom stereocenters. The quantitative estimate of drug-likeness (QED) is 0.563. The van der Waals surface area contributed by atoms with Crippen molar-refractivity contribution in [2.45, 2.75) is 11.9 Å². The molecular formula is C11H10N4O4S2. The number of hydrogen-bond donors (Lipinski definition) is 3. The molecule has 0 bridgehead atoms. The molecule has 0 aliphatic carbocycles. The van der Waals surface area contributed by atoms with Crippen molar-refractivity contribution in [2.75, 3.05) is 5.75 Å². The number of imide groups is 1. The van der Waals surface area contributed by atoms with Gasteiger partial charge in [0.1, 0.15) is 21.1 Å². The molecule has 10 heteroatoms. The molecule has 0 spiro atoms. The van der Waals surface area contributed by atoms with Gasteiger partial charge in [-0.1, -0.05) is 11.8 Å². The van der Waals surface area contributed by atoms with E-state index in [1.165, 1.54) is 6.33 Å². The highest BCUT2D eigenvalue weighted by molar-refractivity contribution is 8.00. The summed E-state index contributed by atoms with van der Waals surface area (Å²) >= 11 is 2.13. The minimum Gasteiger partial charge on any atom is -0.477 e. The number of rotatable bonds is 4. The normalized spacial score (nSPS) is 10.5. The van der Waals surface area contributed by atoms with Crippen molar-refractivity contribution in [1.82, 2.24) is 15.3 Å². The van der Waals surface area contributed by atoms with E-state index in [0.29, 0.717) is 20.8 Å². The molecule has 0 fully saturated rings. The van der Waals surface area contributed by atoms with Crippen molar-refractivity contribution < 1.29 is 19.5 Å². The molecule has 0 unspecified atom stereocenters. The third kappa shape index (κ3) is 3.28. The van der Waals surface area contributed by atoms with E-state index in [9.17, 15) is 14.4 Å². The van der Waals surface area contributed by atoms with Crippen LogP contribution in [0.25, 0.3) is 10.2 Å². The van der Waals surface area contributed by atoms with Crippen LogP contribution in [0.2, 0.25) is 0 Å². The third-order valence-corrected chi connectivity index (χ3v) is 4.67. The van der Waals surface area contributed by atoms with E-state index >= 15 is 0 Å². The van der Waals surface area contributed by atoms with E-state index < -0.39 is 17.9 Å². The number of thioether (sulfide) groups is 1. The summed E-state index contributed by atoms with van der Waals surface area (Å²) in [5, 5.41) is 12.2. The molecular weight excluding hydrogens is 316 g/mol. The van der Waals surface area contributed by atoms with Crippen LogP contribution in [0, 0.1) is 6.92 Å². The number of nitrogens with zero attached hydrogens (tertiary/aromatic N) is 2. The van der Waals surface area contributed by atoms with E-state index in [1.54, 1.807) is 6.92 Å². The number of aryl methyl sites for hydroxylation is 1. The molecule has 2 heterocycles. The van der Waals surface area contributed by atoms with Gasteiger partial charge in [-0.25, -0.2) is 19.6 Å². The van der Waals surface area contributed by atoms with Crippen LogP contribution in [0.15, 0.2) is 11.4 Å². The van der Waals surface area contributed by atoms with Crippen molar-refractivity contribution in [3.63, 3.8) is 0 Å². The summed E-state index contributed by atoms with van der Waals surface area (Å²) in [6, 6.07) is -0.923. The number of hydrogen-bond acceptors (Lipinski definition) is 7. The number of urea groups is 1. The monoisotopic (exact) mass is 326 g/mol. The van der Waals surface area contributed by atoms with Crippen molar-refractivity contribution in [1.29, 1.82) is 0 Å². The molecule has 2 aromatic heterocycles. The zero-order valence-electron chi connectivity index (χ0n) is 10.7. The molecule has 0 saturated heterocycles. The zero-order chi connectivity index (χ0) is 15.6. The Morgan fingerprint density at radius 1 is 1.43 bits per heavy atom. The van der Waals surface area contributed by atoms with Crippen molar-refractivity contribution >= 4 is 51.2 Å². The first-order valence-corrected chi connectivity index (χ1v) is 7.39. The summed E-state index contributed by atoms with van der Waals surface area (Å²) in [7, 11) is 0. The zero-order valence-corrected chi connectivity index (χ0v) is 12.4. The molecule has 8 nitrogen and oxygen atoms in total. The van der Waals surface area contributed by atoms with Crippen LogP contribution >= 0.6 is 23.1 Å². The number of aromatic nitrogens is 2. The smallest absolute Gasteiger partial charge is 0.346 e. The van der Waals surface area contributed by atoms with E-state index in [2.05, 4.69) is 9.97 Å². The number of thiophene rings is 1. The minimum absolute atomic E-state index is 0.0628. The second kappa shape index (κ2) is 6.06. The van der Waals surface area contributed by atoms with Crippen molar-refractivity contribution in [3.8, 4) is 0 Å². The number of carboxylic acid groups (broad SMARTS) is 1. The Kier molecular flexibility index (Phi) is 4.38. The Balaban J connectivity index is 2.30. The Morgan fingerprint density at radius 2 is 2.14 bits per heavy atom. The minimum atomic E-state index is -1.03. The van der Waals surface area contributed by atoms with Crippen LogP contribution in [-0.4, -0.2) is 38.7 Å². The highest BCUT2D eigenvalue weighted by Gasteiger charge is 2.19. The molecule has 4 N–H and O–H groups in total. The second-order valence-corrected chi connectivity index (χ2v) is 5.88. The lowest BCUT2D eigenvalue weighted by Crippen LogP contribution is -2.36. The number of carboxylic acids is 1. The summed E-state index contributed by atoms with van der Waals surface area (Å²) in [6.07, 6.45) is 1.30. The largest absolute Gasteiger partial charge is 0.477 e. The molecule has 3 amide bonds. The van der Waals surface area contributed by atoms with Crippen LogP contribution in [0.3, 0.4) is 0 Å². The maximum Gasteiger partial charge on any atom is 0.346 e. The SMILES string of the molecule is Cc1c(C(=O)O)sc2ncnc(SCC(=O)NC(N)=O)c12. The van der Waals surface area contributed by atoms with Gasteiger partial charge in [0.25, 0.3) is 0 Å². The molecule has 2 aromatic rings.